The fraction of sp³-hybridized carbons (Fsp3) is 0.333. The third-order valence-electron chi connectivity index (χ3n) is 2.44. The highest BCUT2D eigenvalue weighted by Gasteiger charge is 2.16. The number of allylic oxidation sites excluding steroid dienone is 8. The molecular weight excluding hydrogens is 144 g/mol. The smallest absolute Gasteiger partial charge is 0.0157 e. The van der Waals surface area contributed by atoms with Crippen molar-refractivity contribution in [2.45, 2.75) is 20.3 Å². The van der Waals surface area contributed by atoms with Gasteiger partial charge in [0.1, 0.15) is 0 Å². The Labute approximate surface area is 74.0 Å². The van der Waals surface area contributed by atoms with Gasteiger partial charge in [-0.05, 0) is 29.1 Å². The van der Waals surface area contributed by atoms with Gasteiger partial charge in [0.2, 0.25) is 0 Å². The average Bonchev–Trinajstić information content (AvgIpc) is 2.47. The molecule has 0 aliphatic heterocycles. The molecule has 0 spiro atoms. The SMILES string of the molecule is CC(C)C1=CC=C2C=CCC=C21. The van der Waals surface area contributed by atoms with E-state index >= 15 is 0 Å². The lowest BCUT2D eigenvalue weighted by molar-refractivity contribution is 0.783. The van der Waals surface area contributed by atoms with Crippen molar-refractivity contribution in [3.8, 4) is 0 Å². The summed E-state index contributed by atoms with van der Waals surface area (Å²) in [6, 6.07) is 0. The largest absolute Gasteiger partial charge is 0.0801 e. The van der Waals surface area contributed by atoms with E-state index in [9.17, 15) is 0 Å². The van der Waals surface area contributed by atoms with Gasteiger partial charge in [0, 0.05) is 0 Å². The third kappa shape index (κ3) is 1.08. The second-order valence-electron chi connectivity index (χ2n) is 3.65. The minimum absolute atomic E-state index is 0.650. The molecule has 0 heteroatoms. The first-order valence-corrected chi connectivity index (χ1v) is 4.58. The van der Waals surface area contributed by atoms with Crippen molar-refractivity contribution in [1.82, 2.24) is 0 Å². The molecule has 2 rings (SSSR count). The molecule has 0 aromatic heterocycles. The molecule has 2 aliphatic carbocycles. The number of fused-ring (bicyclic) bond motifs is 1. The summed E-state index contributed by atoms with van der Waals surface area (Å²) in [6.07, 6.45) is 12.3. The standard InChI is InChI=1S/C12H14/c1-9(2)11-8-7-10-5-3-4-6-12(10)11/h3,5-9H,4H2,1-2H3. The van der Waals surface area contributed by atoms with Crippen LogP contribution in [0.1, 0.15) is 20.3 Å². The van der Waals surface area contributed by atoms with E-state index in [-0.39, 0.29) is 0 Å². The van der Waals surface area contributed by atoms with Gasteiger partial charge in [-0.15, -0.1) is 0 Å². The van der Waals surface area contributed by atoms with Crippen LogP contribution in [0.15, 0.2) is 47.1 Å². The zero-order valence-electron chi connectivity index (χ0n) is 7.67. The van der Waals surface area contributed by atoms with Gasteiger partial charge >= 0.3 is 0 Å². The van der Waals surface area contributed by atoms with Crippen LogP contribution in [-0.4, -0.2) is 0 Å². The van der Waals surface area contributed by atoms with Gasteiger partial charge in [0.05, 0.1) is 0 Å². The molecule has 0 N–H and O–H groups in total. The molecule has 0 amide bonds. The molecule has 0 radical (unpaired) electrons. The second kappa shape index (κ2) is 2.78. The van der Waals surface area contributed by atoms with Crippen molar-refractivity contribution in [2.24, 2.45) is 5.92 Å². The van der Waals surface area contributed by atoms with Crippen LogP contribution in [0.25, 0.3) is 0 Å². The number of hydrogen-bond donors (Lipinski definition) is 0. The summed E-state index contributed by atoms with van der Waals surface area (Å²) in [6.45, 7) is 4.50. The van der Waals surface area contributed by atoms with Crippen LogP contribution in [0.5, 0.6) is 0 Å². The van der Waals surface area contributed by atoms with Gasteiger partial charge in [-0.3, -0.25) is 0 Å². The molecule has 0 aromatic carbocycles. The molecule has 0 saturated heterocycles. The van der Waals surface area contributed by atoms with Crippen LogP contribution in [0.4, 0.5) is 0 Å². The van der Waals surface area contributed by atoms with E-state index in [1.54, 1.807) is 0 Å². The molecule has 0 nitrogen and oxygen atoms in total. The summed E-state index contributed by atoms with van der Waals surface area (Å²) >= 11 is 0. The number of rotatable bonds is 1. The zero-order valence-corrected chi connectivity index (χ0v) is 7.67. The maximum absolute atomic E-state index is 2.32. The molecule has 0 bridgehead atoms. The molecule has 12 heavy (non-hydrogen) atoms. The highest BCUT2D eigenvalue weighted by atomic mass is 14.2. The Kier molecular flexibility index (Phi) is 1.76. The van der Waals surface area contributed by atoms with E-state index in [2.05, 4.69) is 44.2 Å². The molecule has 0 unspecified atom stereocenters. The normalized spacial score (nSPS) is 20.4. The third-order valence-corrected chi connectivity index (χ3v) is 2.44. The maximum atomic E-state index is 2.32. The summed E-state index contributed by atoms with van der Waals surface area (Å²) < 4.78 is 0. The quantitative estimate of drug-likeness (QED) is 0.548. The maximum Gasteiger partial charge on any atom is -0.0157 e. The molecule has 0 saturated carbocycles. The van der Waals surface area contributed by atoms with Crippen molar-refractivity contribution in [1.29, 1.82) is 0 Å². The minimum Gasteiger partial charge on any atom is -0.0801 e. The van der Waals surface area contributed by atoms with Crippen LogP contribution >= 0.6 is 0 Å². The fourth-order valence-electron chi connectivity index (χ4n) is 1.79. The van der Waals surface area contributed by atoms with Crippen molar-refractivity contribution in [3.63, 3.8) is 0 Å². The van der Waals surface area contributed by atoms with Crippen molar-refractivity contribution in [3.05, 3.63) is 47.1 Å². The first-order chi connectivity index (χ1) is 5.79. The van der Waals surface area contributed by atoms with Gasteiger partial charge < -0.3 is 0 Å². The molecule has 0 atom stereocenters. The Balaban J connectivity index is 2.32. The lowest BCUT2D eigenvalue weighted by Gasteiger charge is -2.13. The van der Waals surface area contributed by atoms with Gasteiger partial charge in [-0.2, -0.15) is 0 Å². The van der Waals surface area contributed by atoms with E-state index in [0.29, 0.717) is 5.92 Å². The summed E-state index contributed by atoms with van der Waals surface area (Å²) in [7, 11) is 0. The van der Waals surface area contributed by atoms with Gasteiger partial charge in [0.15, 0.2) is 0 Å². The van der Waals surface area contributed by atoms with E-state index in [0.717, 1.165) is 6.42 Å². The van der Waals surface area contributed by atoms with Crippen molar-refractivity contribution >= 4 is 0 Å². The predicted molar refractivity (Wildman–Crippen MR) is 52.8 cm³/mol. The summed E-state index contributed by atoms with van der Waals surface area (Å²) in [4.78, 5) is 0. The summed E-state index contributed by atoms with van der Waals surface area (Å²) in [5, 5.41) is 0. The van der Waals surface area contributed by atoms with Gasteiger partial charge in [0.25, 0.3) is 0 Å². The van der Waals surface area contributed by atoms with E-state index in [1.165, 1.54) is 16.7 Å². The Bertz CT molecular complexity index is 309. The summed E-state index contributed by atoms with van der Waals surface area (Å²) in [5.41, 5.74) is 4.35. The van der Waals surface area contributed by atoms with Crippen LogP contribution in [0, 0.1) is 5.92 Å². The lowest BCUT2D eigenvalue weighted by atomic mass is 9.91. The zero-order chi connectivity index (χ0) is 8.55. The Hall–Kier alpha value is -1.04. The van der Waals surface area contributed by atoms with E-state index in [4.69, 9.17) is 0 Å². The van der Waals surface area contributed by atoms with Crippen molar-refractivity contribution in [2.75, 3.05) is 0 Å². The van der Waals surface area contributed by atoms with Crippen molar-refractivity contribution < 1.29 is 0 Å². The Morgan fingerprint density at radius 2 is 2.08 bits per heavy atom. The first kappa shape index (κ1) is 7.60. The average molecular weight is 158 g/mol. The van der Waals surface area contributed by atoms with Crippen LogP contribution in [-0.2, 0) is 0 Å². The Morgan fingerprint density at radius 1 is 1.25 bits per heavy atom. The minimum atomic E-state index is 0.650. The first-order valence-electron chi connectivity index (χ1n) is 4.58. The topological polar surface area (TPSA) is 0 Å². The highest BCUT2D eigenvalue weighted by molar-refractivity contribution is 5.61. The molecule has 0 heterocycles. The molecular formula is C12H14. The van der Waals surface area contributed by atoms with Crippen LogP contribution < -0.4 is 0 Å². The Morgan fingerprint density at radius 3 is 2.83 bits per heavy atom. The lowest BCUT2D eigenvalue weighted by Crippen LogP contribution is -1.97. The monoisotopic (exact) mass is 158 g/mol. The molecule has 0 aromatic rings. The highest BCUT2D eigenvalue weighted by Crippen LogP contribution is 2.34. The van der Waals surface area contributed by atoms with Crippen LogP contribution in [0.2, 0.25) is 0 Å². The van der Waals surface area contributed by atoms with E-state index < -0.39 is 0 Å². The fourth-order valence-corrected chi connectivity index (χ4v) is 1.79. The number of hydrogen-bond acceptors (Lipinski definition) is 0. The molecule has 0 fully saturated rings. The van der Waals surface area contributed by atoms with Gasteiger partial charge in [-0.1, -0.05) is 44.2 Å². The second-order valence-corrected chi connectivity index (χ2v) is 3.65. The summed E-state index contributed by atoms with van der Waals surface area (Å²) in [5.74, 6) is 0.650. The van der Waals surface area contributed by atoms with Gasteiger partial charge in [-0.25, -0.2) is 0 Å². The molecule has 62 valence electrons. The van der Waals surface area contributed by atoms with Crippen LogP contribution in [0.3, 0.4) is 0 Å². The van der Waals surface area contributed by atoms with E-state index in [1.807, 2.05) is 0 Å². The molecule has 2 aliphatic rings. The predicted octanol–water partition coefficient (Wildman–Crippen LogP) is 3.40.